The molecule has 0 N–H and O–H groups in total. The van der Waals surface area contributed by atoms with E-state index in [1.165, 1.54) is 24.0 Å². The number of aromatic nitrogens is 4. The Morgan fingerprint density at radius 3 is 2.58 bits per heavy atom. The molecule has 1 unspecified atom stereocenters. The molecule has 2 aliphatic rings. The van der Waals surface area contributed by atoms with E-state index in [9.17, 15) is 28.8 Å². The molecule has 1 saturated heterocycles. The highest BCUT2D eigenvalue weighted by Gasteiger charge is 2.46. The van der Waals surface area contributed by atoms with E-state index in [0.29, 0.717) is 59.7 Å². The number of imide groups is 2. The number of ether oxygens (including phenoxy) is 2. The Bertz CT molecular complexity index is 2330. The standard InChI is InChI=1S/C38H34N6O9/c1-42-32(46)15-12-29(37(42)49)44-36(48)25-7-3-5-23(34(25)38(44)50)6-4-16-51-17-18-52-24-9-10-26(39-21-24)30(45)20-22-8-13-31-28(19-22)40-35(53-31)27-11-14-33(47)43(2)41-27/h3,5,7-11,13-14,19,21,29H,4,6,12,15-18,20H2,1-2H3. The number of hydrogen-bond donors (Lipinski definition) is 0. The summed E-state index contributed by atoms with van der Waals surface area (Å²) in [6.07, 6.45) is 2.84. The largest absolute Gasteiger partial charge is 0.490 e. The number of likely N-dealkylation sites (tertiary alicyclic amines) is 1. The highest BCUT2D eigenvalue weighted by atomic mass is 16.5. The van der Waals surface area contributed by atoms with Crippen LogP contribution in [0.5, 0.6) is 5.75 Å². The third-order valence-corrected chi connectivity index (χ3v) is 9.22. The first kappa shape index (κ1) is 35.1. The molecule has 2 aliphatic heterocycles. The monoisotopic (exact) mass is 718 g/mol. The van der Waals surface area contributed by atoms with Gasteiger partial charge in [0.2, 0.25) is 11.8 Å². The number of pyridine rings is 1. The van der Waals surface area contributed by atoms with Crippen LogP contribution in [0.3, 0.4) is 0 Å². The lowest BCUT2D eigenvalue weighted by Gasteiger charge is -2.32. The summed E-state index contributed by atoms with van der Waals surface area (Å²) in [6.45, 7) is 0.919. The summed E-state index contributed by atoms with van der Waals surface area (Å²) in [5, 5.41) is 4.17. The minimum absolute atomic E-state index is 0.0856. The van der Waals surface area contributed by atoms with E-state index in [0.717, 1.165) is 15.4 Å². The van der Waals surface area contributed by atoms with Crippen LogP contribution in [0.4, 0.5) is 0 Å². The van der Waals surface area contributed by atoms with Gasteiger partial charge in [-0.05, 0) is 66.8 Å². The van der Waals surface area contributed by atoms with Gasteiger partial charge in [0.1, 0.15) is 35.3 Å². The Morgan fingerprint density at radius 1 is 0.943 bits per heavy atom. The van der Waals surface area contributed by atoms with Crippen molar-refractivity contribution in [1.29, 1.82) is 0 Å². The number of piperidine rings is 1. The topological polar surface area (TPSA) is 184 Å². The Hall–Kier alpha value is -6.35. The van der Waals surface area contributed by atoms with Crippen LogP contribution in [-0.4, -0.2) is 91.9 Å². The predicted molar refractivity (Wildman–Crippen MR) is 187 cm³/mol. The minimum Gasteiger partial charge on any atom is -0.490 e. The highest BCUT2D eigenvalue weighted by Crippen LogP contribution is 2.31. The van der Waals surface area contributed by atoms with Gasteiger partial charge in [0.25, 0.3) is 23.3 Å². The summed E-state index contributed by atoms with van der Waals surface area (Å²) >= 11 is 0. The molecule has 5 heterocycles. The summed E-state index contributed by atoms with van der Waals surface area (Å²) in [4.78, 5) is 86.5. The maximum absolute atomic E-state index is 13.4. The van der Waals surface area contributed by atoms with Gasteiger partial charge < -0.3 is 13.9 Å². The first-order valence-corrected chi connectivity index (χ1v) is 17.0. The number of oxazole rings is 1. The lowest BCUT2D eigenvalue weighted by atomic mass is 9.99. The SMILES string of the molecule is CN1C(=O)CCC(N2C(=O)c3cccc(CCCOCCOc4ccc(C(=O)Cc5ccc6oc(-c7ccc(=O)n(C)n7)nc6c5)nc4)c3C2=O)C1=O. The van der Waals surface area contributed by atoms with Gasteiger partial charge in [-0.2, -0.15) is 5.10 Å². The van der Waals surface area contributed by atoms with E-state index in [1.54, 1.807) is 61.6 Å². The summed E-state index contributed by atoms with van der Waals surface area (Å²) in [6, 6.07) is 15.6. The van der Waals surface area contributed by atoms with Crippen LogP contribution in [0.25, 0.3) is 22.7 Å². The van der Waals surface area contributed by atoms with E-state index in [2.05, 4.69) is 15.1 Å². The molecule has 4 amide bonds. The molecule has 0 saturated carbocycles. The molecule has 1 fully saturated rings. The second-order valence-corrected chi connectivity index (χ2v) is 12.7. The molecule has 3 aromatic heterocycles. The zero-order valence-corrected chi connectivity index (χ0v) is 28.9. The number of Topliss-reactive ketones (excluding diaryl/α,β-unsaturated/α-hetero) is 1. The van der Waals surface area contributed by atoms with E-state index < -0.39 is 23.8 Å². The molecule has 0 spiro atoms. The number of likely N-dealkylation sites (N-methyl/N-ethyl adjacent to an activating group) is 1. The fourth-order valence-corrected chi connectivity index (χ4v) is 6.40. The number of nitrogens with zero attached hydrogens (tertiary/aromatic N) is 6. The van der Waals surface area contributed by atoms with Gasteiger partial charge in [0.05, 0.1) is 23.9 Å². The fourth-order valence-electron chi connectivity index (χ4n) is 6.40. The number of amides is 4. The fraction of sp³-hybridized carbons (Fsp3) is 0.289. The van der Waals surface area contributed by atoms with Gasteiger partial charge in [-0.3, -0.25) is 38.6 Å². The quantitative estimate of drug-likeness (QED) is 0.0986. The second kappa shape index (κ2) is 14.7. The van der Waals surface area contributed by atoms with Crippen LogP contribution in [0.15, 0.2) is 76.1 Å². The van der Waals surface area contributed by atoms with Crippen LogP contribution >= 0.6 is 0 Å². The molecular formula is C38H34N6O9. The first-order valence-electron chi connectivity index (χ1n) is 17.0. The Balaban J connectivity index is 0.854. The van der Waals surface area contributed by atoms with Crippen molar-refractivity contribution < 1.29 is 37.9 Å². The zero-order chi connectivity index (χ0) is 37.2. The third kappa shape index (κ3) is 7.10. The minimum atomic E-state index is -0.996. The highest BCUT2D eigenvalue weighted by molar-refractivity contribution is 6.24. The summed E-state index contributed by atoms with van der Waals surface area (Å²) in [5.41, 5.74) is 3.53. The number of ketones is 1. The van der Waals surface area contributed by atoms with Crippen molar-refractivity contribution in [1.82, 2.24) is 29.5 Å². The van der Waals surface area contributed by atoms with Crippen molar-refractivity contribution >= 4 is 40.5 Å². The van der Waals surface area contributed by atoms with Gasteiger partial charge in [-0.15, -0.1) is 0 Å². The number of benzene rings is 2. The number of carbonyl (C=O) groups is 5. The Labute approximate surface area is 302 Å². The summed E-state index contributed by atoms with van der Waals surface area (Å²) in [7, 11) is 2.91. The first-order chi connectivity index (χ1) is 25.6. The van der Waals surface area contributed by atoms with Crippen LogP contribution in [0.2, 0.25) is 0 Å². The van der Waals surface area contributed by atoms with Crippen LogP contribution < -0.4 is 10.3 Å². The van der Waals surface area contributed by atoms with E-state index >= 15 is 0 Å². The summed E-state index contributed by atoms with van der Waals surface area (Å²) < 4.78 is 18.4. The molecule has 270 valence electrons. The zero-order valence-electron chi connectivity index (χ0n) is 28.9. The van der Waals surface area contributed by atoms with Gasteiger partial charge in [-0.1, -0.05) is 18.2 Å². The molecule has 2 aromatic carbocycles. The number of hydrogen-bond acceptors (Lipinski definition) is 12. The predicted octanol–water partition coefficient (Wildman–Crippen LogP) is 3.18. The molecule has 53 heavy (non-hydrogen) atoms. The van der Waals surface area contributed by atoms with Crippen molar-refractivity contribution in [2.24, 2.45) is 7.05 Å². The molecule has 1 atom stereocenters. The third-order valence-electron chi connectivity index (χ3n) is 9.22. The second-order valence-electron chi connectivity index (χ2n) is 12.7. The molecule has 0 bridgehead atoms. The van der Waals surface area contributed by atoms with Crippen LogP contribution in [0.1, 0.15) is 61.6 Å². The lowest BCUT2D eigenvalue weighted by Crippen LogP contribution is -2.54. The summed E-state index contributed by atoms with van der Waals surface area (Å²) in [5.74, 6) is -1.36. The van der Waals surface area contributed by atoms with Crippen molar-refractivity contribution in [2.75, 3.05) is 26.9 Å². The number of rotatable bonds is 13. The molecule has 15 nitrogen and oxygen atoms in total. The Kier molecular flexibility index (Phi) is 9.74. The smallest absolute Gasteiger partial charge is 0.266 e. The molecule has 15 heteroatoms. The normalized spacial score (nSPS) is 15.8. The van der Waals surface area contributed by atoms with Gasteiger partial charge in [0.15, 0.2) is 11.4 Å². The molecule has 0 radical (unpaired) electrons. The van der Waals surface area contributed by atoms with E-state index in [4.69, 9.17) is 13.9 Å². The van der Waals surface area contributed by atoms with E-state index in [-0.39, 0.29) is 60.3 Å². The van der Waals surface area contributed by atoms with Crippen molar-refractivity contribution in [3.8, 4) is 17.3 Å². The maximum Gasteiger partial charge on any atom is 0.266 e. The number of aryl methyl sites for hydroxylation is 2. The molecule has 5 aromatic rings. The number of fused-ring (bicyclic) bond motifs is 2. The van der Waals surface area contributed by atoms with Crippen LogP contribution in [-0.2, 0) is 34.2 Å². The van der Waals surface area contributed by atoms with Crippen molar-refractivity contribution in [3.05, 3.63) is 105 Å². The Morgan fingerprint density at radius 2 is 1.79 bits per heavy atom. The lowest BCUT2D eigenvalue weighted by molar-refractivity contribution is -0.149. The average Bonchev–Trinajstić information content (AvgIpc) is 3.69. The van der Waals surface area contributed by atoms with Gasteiger partial charge in [-0.25, -0.2) is 14.6 Å². The molecule has 0 aliphatic carbocycles. The molecular weight excluding hydrogens is 684 g/mol. The van der Waals surface area contributed by atoms with Crippen LogP contribution in [0, 0.1) is 0 Å². The van der Waals surface area contributed by atoms with Crippen molar-refractivity contribution in [3.63, 3.8) is 0 Å². The van der Waals surface area contributed by atoms with Gasteiger partial charge in [0, 0.05) is 39.6 Å². The van der Waals surface area contributed by atoms with E-state index in [1.807, 2.05) is 0 Å². The maximum atomic E-state index is 13.4. The van der Waals surface area contributed by atoms with Crippen molar-refractivity contribution in [2.45, 2.75) is 38.1 Å². The molecule has 7 rings (SSSR count). The van der Waals surface area contributed by atoms with Gasteiger partial charge >= 0.3 is 0 Å². The number of carbonyl (C=O) groups excluding carboxylic acids is 5. The average molecular weight is 719 g/mol.